The average molecular weight is 519 g/mol. The number of aliphatic hydroxyl groups excluding tert-OH is 2. The van der Waals surface area contributed by atoms with Crippen molar-refractivity contribution >= 4 is 0 Å². The average Bonchev–Trinajstić information content (AvgIpc) is 3.68. The summed E-state index contributed by atoms with van der Waals surface area (Å²) < 4.78 is 11.7. The van der Waals surface area contributed by atoms with Crippen molar-refractivity contribution in [1.82, 2.24) is 9.80 Å². The number of benzene rings is 2. The Morgan fingerprint density at radius 1 is 0.632 bits per heavy atom. The molecule has 1 heterocycles. The van der Waals surface area contributed by atoms with E-state index in [-0.39, 0.29) is 13.2 Å². The second-order valence-electron chi connectivity index (χ2n) is 10.9. The normalized spacial score (nSPS) is 23.5. The van der Waals surface area contributed by atoms with Crippen molar-refractivity contribution in [3.63, 3.8) is 0 Å². The molecule has 1 fully saturated rings. The molecule has 1 aliphatic heterocycles. The van der Waals surface area contributed by atoms with Crippen LogP contribution in [0, 0.1) is 0 Å². The van der Waals surface area contributed by atoms with Gasteiger partial charge in [-0.2, -0.15) is 0 Å². The number of hydrogen-bond donors (Lipinski definition) is 2. The molecule has 2 N–H and O–H groups in total. The Labute approximate surface area is 227 Å². The molecule has 5 rings (SSSR count). The molecule has 0 radical (unpaired) electrons. The third-order valence-electron chi connectivity index (χ3n) is 7.93. The molecule has 204 valence electrons. The van der Waals surface area contributed by atoms with Gasteiger partial charge in [-0.3, -0.25) is 9.80 Å². The highest BCUT2D eigenvalue weighted by Gasteiger charge is 2.22. The fraction of sp³-hybridized carbons (Fsp3) is 0.500. The number of β-amino-alcohol motifs (C(OH)–C–C–N with tert-alkyl or cyclic N) is 2. The third kappa shape index (κ3) is 7.70. The Kier molecular flexibility index (Phi) is 9.52. The van der Waals surface area contributed by atoms with E-state index >= 15 is 0 Å². The van der Waals surface area contributed by atoms with E-state index in [9.17, 15) is 10.2 Å². The number of nitrogens with zero attached hydrogens (tertiary/aromatic N) is 2. The van der Waals surface area contributed by atoms with E-state index in [1.165, 1.54) is 24.0 Å². The maximum Gasteiger partial charge on any atom is 0.119 e. The lowest BCUT2D eigenvalue weighted by Gasteiger charge is -2.36. The molecule has 38 heavy (non-hydrogen) atoms. The Morgan fingerprint density at radius 2 is 1.03 bits per heavy atom. The molecule has 0 aromatic heterocycles. The first-order chi connectivity index (χ1) is 18.6. The lowest BCUT2D eigenvalue weighted by molar-refractivity contribution is 0.0240. The smallest absolute Gasteiger partial charge is 0.119 e. The Morgan fingerprint density at radius 3 is 1.37 bits per heavy atom. The highest BCUT2D eigenvalue weighted by Crippen LogP contribution is 2.30. The van der Waals surface area contributed by atoms with Crippen molar-refractivity contribution in [1.29, 1.82) is 0 Å². The number of aliphatic hydroxyl groups is 2. The van der Waals surface area contributed by atoms with E-state index in [1.807, 2.05) is 24.3 Å². The van der Waals surface area contributed by atoms with Crippen LogP contribution in [0.4, 0.5) is 0 Å². The predicted octanol–water partition coefficient (Wildman–Crippen LogP) is 4.35. The molecule has 4 atom stereocenters. The molecule has 3 aliphatic rings. The SMILES string of the molecule is O[C@H](COc1ccc([C@@H]2C=CCC2)cc1)CN1CCN(C[C@@H](O)COc2ccc([C@H]3C=CCC3)cc2)CC1. The van der Waals surface area contributed by atoms with Gasteiger partial charge in [-0.1, -0.05) is 48.6 Å². The van der Waals surface area contributed by atoms with Crippen LogP contribution in [0.5, 0.6) is 11.5 Å². The fourth-order valence-corrected chi connectivity index (χ4v) is 5.68. The Balaban J connectivity index is 0.952. The Hall–Kier alpha value is -2.64. The quantitative estimate of drug-likeness (QED) is 0.408. The van der Waals surface area contributed by atoms with Gasteiger partial charge in [0.15, 0.2) is 0 Å². The van der Waals surface area contributed by atoms with Gasteiger partial charge in [0.25, 0.3) is 0 Å². The van der Waals surface area contributed by atoms with E-state index in [0.29, 0.717) is 24.9 Å². The van der Waals surface area contributed by atoms with Gasteiger partial charge in [-0.25, -0.2) is 0 Å². The summed E-state index contributed by atoms with van der Waals surface area (Å²) in [6.45, 7) is 5.23. The van der Waals surface area contributed by atoms with Gasteiger partial charge in [0.2, 0.25) is 0 Å². The van der Waals surface area contributed by atoms with E-state index in [2.05, 4.69) is 58.4 Å². The highest BCUT2D eigenvalue weighted by molar-refractivity contribution is 5.33. The van der Waals surface area contributed by atoms with Crippen LogP contribution in [0.15, 0.2) is 72.8 Å². The third-order valence-corrected chi connectivity index (χ3v) is 7.93. The fourth-order valence-electron chi connectivity index (χ4n) is 5.68. The maximum absolute atomic E-state index is 10.5. The first-order valence-corrected chi connectivity index (χ1v) is 14.2. The van der Waals surface area contributed by atoms with Crippen molar-refractivity contribution in [2.75, 3.05) is 52.5 Å². The van der Waals surface area contributed by atoms with Crippen LogP contribution in [0.1, 0.15) is 48.6 Å². The minimum atomic E-state index is -0.533. The maximum atomic E-state index is 10.5. The van der Waals surface area contributed by atoms with Gasteiger partial charge in [-0.15, -0.1) is 0 Å². The molecule has 2 aliphatic carbocycles. The molecule has 2 aromatic rings. The molecule has 2 aromatic carbocycles. The molecule has 6 nitrogen and oxygen atoms in total. The summed E-state index contributed by atoms with van der Waals surface area (Å²) in [6, 6.07) is 16.5. The van der Waals surface area contributed by atoms with E-state index < -0.39 is 12.2 Å². The monoisotopic (exact) mass is 518 g/mol. The zero-order valence-corrected chi connectivity index (χ0v) is 22.3. The van der Waals surface area contributed by atoms with Gasteiger partial charge < -0.3 is 19.7 Å². The topological polar surface area (TPSA) is 65.4 Å². The largest absolute Gasteiger partial charge is 0.491 e. The minimum Gasteiger partial charge on any atom is -0.491 e. The first kappa shape index (κ1) is 26.9. The molecular formula is C32H42N2O4. The second kappa shape index (κ2) is 13.4. The highest BCUT2D eigenvalue weighted by atomic mass is 16.5. The lowest BCUT2D eigenvalue weighted by Crippen LogP contribution is -2.51. The number of ether oxygens (including phenoxy) is 2. The predicted molar refractivity (Wildman–Crippen MR) is 151 cm³/mol. The summed E-state index contributed by atoms with van der Waals surface area (Å²) in [6.07, 6.45) is 12.7. The molecular weight excluding hydrogens is 476 g/mol. The summed E-state index contributed by atoms with van der Waals surface area (Å²) in [4.78, 5) is 4.54. The summed E-state index contributed by atoms with van der Waals surface area (Å²) >= 11 is 0. The summed E-state index contributed by atoms with van der Waals surface area (Å²) in [5.41, 5.74) is 2.65. The second-order valence-corrected chi connectivity index (χ2v) is 10.9. The molecule has 1 saturated heterocycles. The molecule has 0 spiro atoms. The van der Waals surface area contributed by atoms with Crippen LogP contribution in [0.3, 0.4) is 0 Å². The van der Waals surface area contributed by atoms with Gasteiger partial charge in [0, 0.05) is 51.1 Å². The summed E-state index contributed by atoms with van der Waals surface area (Å²) in [7, 11) is 0. The van der Waals surface area contributed by atoms with Crippen molar-refractivity contribution in [3.8, 4) is 11.5 Å². The Bertz CT molecular complexity index is 959. The summed E-state index contributed by atoms with van der Waals surface area (Å²) in [5.74, 6) is 2.66. The van der Waals surface area contributed by atoms with Crippen molar-refractivity contribution in [2.45, 2.75) is 49.7 Å². The van der Waals surface area contributed by atoms with Crippen LogP contribution in [-0.2, 0) is 0 Å². The van der Waals surface area contributed by atoms with Gasteiger partial charge in [0.1, 0.15) is 36.9 Å². The zero-order valence-electron chi connectivity index (χ0n) is 22.3. The minimum absolute atomic E-state index is 0.289. The number of piperazine rings is 1. The van der Waals surface area contributed by atoms with Crippen molar-refractivity contribution in [3.05, 3.63) is 84.0 Å². The summed E-state index contributed by atoms with van der Waals surface area (Å²) in [5, 5.41) is 21.0. The van der Waals surface area contributed by atoms with Crippen LogP contribution in [-0.4, -0.2) is 84.7 Å². The lowest BCUT2D eigenvalue weighted by atomic mass is 9.99. The van der Waals surface area contributed by atoms with Crippen LogP contribution in [0.2, 0.25) is 0 Å². The number of hydrogen-bond acceptors (Lipinski definition) is 6. The van der Waals surface area contributed by atoms with Gasteiger partial charge in [-0.05, 0) is 61.1 Å². The van der Waals surface area contributed by atoms with Crippen LogP contribution < -0.4 is 9.47 Å². The molecule has 6 heteroatoms. The van der Waals surface area contributed by atoms with E-state index in [4.69, 9.17) is 9.47 Å². The standard InChI is InChI=1S/C32H42N2O4/c35-29(23-37-31-13-9-27(10-14-31)25-5-1-2-6-25)21-33-17-19-34(20-18-33)22-30(36)24-38-32-15-11-28(12-16-32)26-7-3-4-8-26/h1,3,5,7,9-16,25-26,29-30,35-36H,2,4,6,8,17-24H2/t25-,26+,29+,30-. The molecule has 0 amide bonds. The van der Waals surface area contributed by atoms with Gasteiger partial charge in [0.05, 0.1) is 0 Å². The first-order valence-electron chi connectivity index (χ1n) is 14.2. The van der Waals surface area contributed by atoms with Crippen LogP contribution >= 0.6 is 0 Å². The van der Waals surface area contributed by atoms with Gasteiger partial charge >= 0.3 is 0 Å². The molecule has 0 bridgehead atoms. The molecule has 0 unspecified atom stereocenters. The van der Waals surface area contributed by atoms with Crippen LogP contribution in [0.25, 0.3) is 0 Å². The molecule has 0 saturated carbocycles. The van der Waals surface area contributed by atoms with Crippen molar-refractivity contribution < 1.29 is 19.7 Å². The van der Waals surface area contributed by atoms with Crippen molar-refractivity contribution in [2.24, 2.45) is 0 Å². The van der Waals surface area contributed by atoms with E-state index in [0.717, 1.165) is 50.5 Å². The van der Waals surface area contributed by atoms with E-state index in [1.54, 1.807) is 0 Å². The number of allylic oxidation sites excluding steroid dienone is 4. The number of rotatable bonds is 12. The zero-order chi connectivity index (χ0) is 26.2.